The van der Waals surface area contributed by atoms with Gasteiger partial charge in [-0.1, -0.05) is 39.7 Å². The van der Waals surface area contributed by atoms with Gasteiger partial charge in [0.2, 0.25) is 0 Å². The molecular weight excluding hydrogens is 477 g/mol. The third-order valence-corrected chi connectivity index (χ3v) is 5.43. The number of anilines is 1. The molecule has 0 unspecified atom stereocenters. The minimum atomic E-state index is -1.04. The smallest absolute Gasteiger partial charge is 0.335 e. The molecule has 0 amide bonds. The molecule has 0 atom stereocenters. The highest BCUT2D eigenvalue weighted by Gasteiger charge is 2.16. The lowest BCUT2D eigenvalue weighted by Gasteiger charge is -2.18. The summed E-state index contributed by atoms with van der Waals surface area (Å²) in [5.41, 5.74) is 2.16. The highest BCUT2D eigenvalue weighted by Crippen LogP contribution is 2.37. The molecule has 5 nitrogen and oxygen atoms in total. The second kappa shape index (κ2) is 9.82. The SMILES string of the molecule is COc1ccc(Br)c(CNc2cc(C(=O)O)ccc2Cl)c1OCc1ccc(F)cc1. The van der Waals surface area contributed by atoms with Crippen LogP contribution in [0.4, 0.5) is 10.1 Å². The number of hydrogen-bond acceptors (Lipinski definition) is 4. The molecule has 0 aliphatic heterocycles. The number of ether oxygens (including phenoxy) is 2. The first-order valence-electron chi connectivity index (χ1n) is 8.88. The van der Waals surface area contributed by atoms with Crippen molar-refractivity contribution in [2.75, 3.05) is 12.4 Å². The number of halogens is 3. The lowest BCUT2D eigenvalue weighted by molar-refractivity contribution is 0.0697. The average molecular weight is 495 g/mol. The number of carboxylic acids is 1. The van der Waals surface area contributed by atoms with Crippen molar-refractivity contribution in [3.8, 4) is 11.5 Å². The zero-order valence-corrected chi connectivity index (χ0v) is 18.3. The molecule has 0 saturated heterocycles. The summed E-state index contributed by atoms with van der Waals surface area (Å²) >= 11 is 9.73. The molecule has 156 valence electrons. The van der Waals surface area contributed by atoms with E-state index >= 15 is 0 Å². The monoisotopic (exact) mass is 493 g/mol. The van der Waals surface area contributed by atoms with Crippen LogP contribution in [0.25, 0.3) is 0 Å². The summed E-state index contributed by atoms with van der Waals surface area (Å²) in [4.78, 5) is 11.2. The maximum Gasteiger partial charge on any atom is 0.335 e. The lowest BCUT2D eigenvalue weighted by Crippen LogP contribution is -2.07. The van der Waals surface area contributed by atoms with E-state index in [4.69, 9.17) is 21.1 Å². The molecule has 0 radical (unpaired) electrons. The van der Waals surface area contributed by atoms with Crippen LogP contribution >= 0.6 is 27.5 Å². The van der Waals surface area contributed by atoms with E-state index in [0.717, 1.165) is 15.6 Å². The standard InChI is InChI=1S/C22H18BrClFNO4/c1-29-20-9-7-17(23)16(21(20)30-12-13-2-5-15(25)6-3-13)11-26-19-10-14(22(27)28)4-8-18(19)24/h2-10,26H,11-12H2,1H3,(H,27,28). The fourth-order valence-electron chi connectivity index (χ4n) is 2.78. The van der Waals surface area contributed by atoms with Gasteiger partial charge in [-0.25, -0.2) is 9.18 Å². The van der Waals surface area contributed by atoms with Gasteiger partial charge in [-0.3, -0.25) is 0 Å². The van der Waals surface area contributed by atoms with Crippen molar-refractivity contribution in [3.05, 3.63) is 86.6 Å². The Hall–Kier alpha value is -2.77. The van der Waals surface area contributed by atoms with E-state index in [0.29, 0.717) is 28.8 Å². The molecule has 0 aliphatic carbocycles. The quantitative estimate of drug-likeness (QED) is 0.394. The molecule has 3 aromatic carbocycles. The molecule has 0 aromatic heterocycles. The van der Waals surface area contributed by atoms with Crippen LogP contribution in [0.3, 0.4) is 0 Å². The minimum Gasteiger partial charge on any atom is -0.493 e. The summed E-state index contributed by atoms with van der Waals surface area (Å²) in [6.45, 7) is 0.509. The Morgan fingerprint density at radius 2 is 1.90 bits per heavy atom. The number of carbonyl (C=O) groups is 1. The predicted molar refractivity (Wildman–Crippen MR) is 117 cm³/mol. The van der Waals surface area contributed by atoms with E-state index in [1.54, 1.807) is 25.3 Å². The summed E-state index contributed by atoms with van der Waals surface area (Å²) in [6, 6.07) is 14.1. The first kappa shape index (κ1) is 21.9. The molecule has 3 rings (SSSR count). The van der Waals surface area contributed by atoms with Crippen LogP contribution in [0.1, 0.15) is 21.5 Å². The second-order valence-electron chi connectivity index (χ2n) is 6.33. The van der Waals surface area contributed by atoms with E-state index in [9.17, 15) is 14.3 Å². The van der Waals surface area contributed by atoms with E-state index in [1.165, 1.54) is 30.3 Å². The Morgan fingerprint density at radius 3 is 2.57 bits per heavy atom. The summed E-state index contributed by atoms with van der Waals surface area (Å²) in [5, 5.41) is 12.7. The number of benzene rings is 3. The molecule has 30 heavy (non-hydrogen) atoms. The topological polar surface area (TPSA) is 67.8 Å². The van der Waals surface area contributed by atoms with Gasteiger partial charge in [0.05, 0.1) is 23.4 Å². The molecule has 0 spiro atoms. The largest absolute Gasteiger partial charge is 0.493 e. The molecule has 8 heteroatoms. The van der Waals surface area contributed by atoms with Gasteiger partial charge in [0.25, 0.3) is 0 Å². The normalized spacial score (nSPS) is 10.5. The summed E-state index contributed by atoms with van der Waals surface area (Å²) in [6.07, 6.45) is 0. The summed E-state index contributed by atoms with van der Waals surface area (Å²) < 4.78 is 25.3. The Bertz CT molecular complexity index is 1060. The van der Waals surface area contributed by atoms with Crippen molar-refractivity contribution in [3.63, 3.8) is 0 Å². The molecule has 3 aromatic rings. The fraction of sp³-hybridized carbons (Fsp3) is 0.136. The molecule has 0 saturated carbocycles. The molecule has 0 bridgehead atoms. The van der Waals surface area contributed by atoms with Crippen molar-refractivity contribution in [1.82, 2.24) is 0 Å². The van der Waals surface area contributed by atoms with Crippen LogP contribution in [0.15, 0.2) is 59.1 Å². The van der Waals surface area contributed by atoms with Crippen molar-refractivity contribution >= 4 is 39.2 Å². The number of carboxylic acid groups (broad SMARTS) is 1. The van der Waals surface area contributed by atoms with E-state index in [2.05, 4.69) is 21.2 Å². The Labute approximate surface area is 186 Å². The third kappa shape index (κ3) is 5.23. The van der Waals surface area contributed by atoms with E-state index in [-0.39, 0.29) is 18.0 Å². The van der Waals surface area contributed by atoms with Gasteiger partial charge in [-0.15, -0.1) is 0 Å². The number of nitrogens with one attached hydrogen (secondary N) is 1. The van der Waals surface area contributed by atoms with Crippen LogP contribution in [-0.2, 0) is 13.2 Å². The van der Waals surface area contributed by atoms with Crippen molar-refractivity contribution in [2.24, 2.45) is 0 Å². The Kier molecular flexibility index (Phi) is 7.18. The van der Waals surface area contributed by atoms with Crippen molar-refractivity contribution < 1.29 is 23.8 Å². The van der Waals surface area contributed by atoms with Crippen LogP contribution in [0, 0.1) is 5.82 Å². The zero-order valence-electron chi connectivity index (χ0n) is 15.9. The molecule has 0 fully saturated rings. The van der Waals surface area contributed by atoms with Crippen molar-refractivity contribution in [1.29, 1.82) is 0 Å². The number of methoxy groups -OCH3 is 1. The lowest BCUT2D eigenvalue weighted by atomic mass is 10.1. The molecule has 2 N–H and O–H groups in total. The predicted octanol–water partition coefficient (Wildman–Crippen LogP) is 6.14. The highest BCUT2D eigenvalue weighted by molar-refractivity contribution is 9.10. The van der Waals surface area contributed by atoms with Gasteiger partial charge in [-0.2, -0.15) is 0 Å². The van der Waals surface area contributed by atoms with E-state index < -0.39 is 5.97 Å². The summed E-state index contributed by atoms with van der Waals surface area (Å²) in [7, 11) is 1.54. The first-order chi connectivity index (χ1) is 14.4. The van der Waals surface area contributed by atoms with Gasteiger partial charge >= 0.3 is 5.97 Å². The Morgan fingerprint density at radius 1 is 1.17 bits per heavy atom. The molecule has 0 aliphatic rings. The Balaban J connectivity index is 1.86. The van der Waals surface area contributed by atoms with Gasteiger partial charge in [0, 0.05) is 16.6 Å². The molecule has 0 heterocycles. The van der Waals surface area contributed by atoms with Gasteiger partial charge in [-0.05, 0) is 48.0 Å². The fourth-order valence-corrected chi connectivity index (χ4v) is 3.42. The first-order valence-corrected chi connectivity index (χ1v) is 10.1. The van der Waals surface area contributed by atoms with Crippen LogP contribution in [0.2, 0.25) is 5.02 Å². The van der Waals surface area contributed by atoms with Crippen LogP contribution in [0.5, 0.6) is 11.5 Å². The van der Waals surface area contributed by atoms with Crippen LogP contribution < -0.4 is 14.8 Å². The third-order valence-electron chi connectivity index (χ3n) is 4.35. The average Bonchev–Trinajstić information content (AvgIpc) is 2.73. The highest BCUT2D eigenvalue weighted by atomic mass is 79.9. The van der Waals surface area contributed by atoms with Crippen molar-refractivity contribution in [2.45, 2.75) is 13.2 Å². The zero-order chi connectivity index (χ0) is 21.7. The van der Waals surface area contributed by atoms with Crippen LogP contribution in [-0.4, -0.2) is 18.2 Å². The van der Waals surface area contributed by atoms with Gasteiger partial charge in [0.15, 0.2) is 11.5 Å². The number of rotatable bonds is 8. The number of aromatic carboxylic acids is 1. The minimum absolute atomic E-state index is 0.124. The van der Waals surface area contributed by atoms with E-state index in [1.807, 2.05) is 6.07 Å². The summed E-state index contributed by atoms with van der Waals surface area (Å²) in [5.74, 6) is -0.318. The number of hydrogen-bond donors (Lipinski definition) is 2. The maximum absolute atomic E-state index is 13.1. The second-order valence-corrected chi connectivity index (χ2v) is 7.59. The van der Waals surface area contributed by atoms with Gasteiger partial charge < -0.3 is 19.9 Å². The van der Waals surface area contributed by atoms with Gasteiger partial charge in [0.1, 0.15) is 12.4 Å². The maximum atomic E-state index is 13.1. The molecular formula is C22H18BrClFNO4.